The van der Waals surface area contributed by atoms with Crippen molar-refractivity contribution < 1.29 is 24.2 Å². The molecule has 0 spiro atoms. The summed E-state index contributed by atoms with van der Waals surface area (Å²) in [6.45, 7) is 4.77. The van der Waals surface area contributed by atoms with E-state index in [1.807, 2.05) is 43.3 Å². The Morgan fingerprint density at radius 1 is 1.07 bits per heavy atom. The van der Waals surface area contributed by atoms with Gasteiger partial charge in [0.05, 0.1) is 42.3 Å². The molecule has 0 amide bonds. The highest BCUT2D eigenvalue weighted by Crippen LogP contribution is 2.33. The predicted octanol–water partition coefficient (Wildman–Crippen LogP) is 5.57. The highest BCUT2D eigenvalue weighted by Gasteiger charge is 2.22. The van der Waals surface area contributed by atoms with Crippen LogP contribution in [-0.2, 0) is 9.47 Å². The number of methoxy groups -OCH3 is 1. The largest absolute Gasteiger partial charge is 0.494 e. The lowest BCUT2D eigenvalue weighted by atomic mass is 9.98. The van der Waals surface area contributed by atoms with Crippen molar-refractivity contribution in [1.82, 2.24) is 9.88 Å². The number of benzene rings is 3. The fraction of sp³-hybridized carbons (Fsp3) is 0.294. The number of aromatic nitrogens is 1. The second-order valence-corrected chi connectivity index (χ2v) is 10.6. The number of aryl methyl sites for hydroxylation is 1. The quantitative estimate of drug-likeness (QED) is 0.109. The number of hydrogen-bond acceptors (Lipinski definition) is 8. The van der Waals surface area contributed by atoms with Crippen LogP contribution in [0, 0.1) is 24.2 Å². The minimum absolute atomic E-state index is 0.0112. The SMILES string of the molecule is COC(=O)c1cc2[nH]c(O)c(C(=Nc3ccc(C(=O)COCCN4CCC(C#N)CC4)cc3)c3ccccc3)c2cc1C. The van der Waals surface area contributed by atoms with Crippen LogP contribution in [-0.4, -0.2) is 72.4 Å². The molecule has 4 aromatic rings. The van der Waals surface area contributed by atoms with Crippen LogP contribution in [0.1, 0.15) is 50.2 Å². The zero-order valence-electron chi connectivity index (χ0n) is 24.3. The molecule has 1 aliphatic rings. The molecule has 0 aliphatic carbocycles. The van der Waals surface area contributed by atoms with Crippen LogP contribution >= 0.6 is 0 Å². The van der Waals surface area contributed by atoms with Crippen LogP contribution < -0.4 is 0 Å². The van der Waals surface area contributed by atoms with Gasteiger partial charge in [-0.15, -0.1) is 0 Å². The van der Waals surface area contributed by atoms with E-state index < -0.39 is 5.97 Å². The summed E-state index contributed by atoms with van der Waals surface area (Å²) in [5.74, 6) is -0.498. The van der Waals surface area contributed by atoms with E-state index in [0.717, 1.165) is 38.0 Å². The zero-order chi connectivity index (χ0) is 30.3. The van der Waals surface area contributed by atoms with Crippen molar-refractivity contribution in [3.05, 3.63) is 94.5 Å². The number of fused-ring (bicyclic) bond motifs is 1. The molecule has 0 unspecified atom stereocenters. The number of ketones is 1. The Kier molecular flexibility index (Phi) is 9.30. The number of aromatic hydroxyl groups is 1. The molecule has 0 atom stereocenters. The normalized spacial score (nSPS) is 14.5. The first-order chi connectivity index (χ1) is 20.9. The highest BCUT2D eigenvalue weighted by atomic mass is 16.5. The van der Waals surface area contributed by atoms with Crippen LogP contribution in [0.25, 0.3) is 10.9 Å². The fourth-order valence-electron chi connectivity index (χ4n) is 5.34. The molecule has 1 fully saturated rings. The second-order valence-electron chi connectivity index (χ2n) is 10.6. The molecule has 1 aliphatic heterocycles. The Labute approximate surface area is 250 Å². The molecule has 5 rings (SSSR count). The molecule has 9 nitrogen and oxygen atoms in total. The summed E-state index contributed by atoms with van der Waals surface area (Å²) in [6.07, 6.45) is 1.76. The Balaban J connectivity index is 1.34. The Hall–Kier alpha value is -4.78. The first-order valence-electron chi connectivity index (χ1n) is 14.3. The number of piperidine rings is 1. The van der Waals surface area contributed by atoms with Crippen molar-refractivity contribution in [3.63, 3.8) is 0 Å². The summed E-state index contributed by atoms with van der Waals surface area (Å²) in [5.41, 5.74) is 4.66. The van der Waals surface area contributed by atoms with Crippen molar-refractivity contribution in [2.45, 2.75) is 19.8 Å². The summed E-state index contributed by atoms with van der Waals surface area (Å²) in [5, 5.41) is 20.8. The Bertz CT molecular complexity index is 1680. The van der Waals surface area contributed by atoms with Crippen molar-refractivity contribution in [1.29, 1.82) is 5.26 Å². The summed E-state index contributed by atoms with van der Waals surface area (Å²) < 4.78 is 10.6. The molecular weight excluding hydrogens is 544 g/mol. The molecule has 0 saturated carbocycles. The Morgan fingerprint density at radius 3 is 2.47 bits per heavy atom. The zero-order valence-corrected chi connectivity index (χ0v) is 24.3. The lowest BCUT2D eigenvalue weighted by Gasteiger charge is -2.28. The minimum atomic E-state index is -0.455. The molecule has 43 heavy (non-hydrogen) atoms. The number of nitrogens with zero attached hydrogens (tertiary/aromatic N) is 3. The molecule has 1 saturated heterocycles. The van der Waals surface area contributed by atoms with Gasteiger partial charge in [0, 0.05) is 34.5 Å². The van der Waals surface area contributed by atoms with Crippen LogP contribution in [0.4, 0.5) is 5.69 Å². The van der Waals surface area contributed by atoms with Gasteiger partial charge in [0.15, 0.2) is 11.7 Å². The number of nitriles is 1. The van der Waals surface area contributed by atoms with Gasteiger partial charge in [-0.05, 0) is 74.8 Å². The number of nitrogens with one attached hydrogen (secondary N) is 1. The van der Waals surface area contributed by atoms with Gasteiger partial charge in [0.1, 0.15) is 6.61 Å². The number of carbonyl (C=O) groups excluding carboxylic acids is 2. The number of aromatic amines is 1. The van der Waals surface area contributed by atoms with Crippen molar-refractivity contribution in [2.24, 2.45) is 10.9 Å². The molecule has 3 aromatic carbocycles. The average Bonchev–Trinajstić information content (AvgIpc) is 3.36. The van der Waals surface area contributed by atoms with Crippen molar-refractivity contribution >= 4 is 34.1 Å². The van der Waals surface area contributed by atoms with Gasteiger partial charge in [-0.3, -0.25) is 4.79 Å². The maximum Gasteiger partial charge on any atom is 0.338 e. The lowest BCUT2D eigenvalue weighted by molar-refractivity contribution is 0.0599. The number of hydrogen-bond donors (Lipinski definition) is 2. The summed E-state index contributed by atoms with van der Waals surface area (Å²) in [6, 6.07) is 22.3. The van der Waals surface area contributed by atoms with Gasteiger partial charge in [-0.2, -0.15) is 5.26 Å². The number of carbonyl (C=O) groups is 2. The summed E-state index contributed by atoms with van der Waals surface area (Å²) in [7, 11) is 1.33. The number of ether oxygens (including phenoxy) is 2. The van der Waals surface area contributed by atoms with E-state index in [9.17, 15) is 14.7 Å². The number of esters is 1. The number of rotatable bonds is 10. The molecule has 0 bridgehead atoms. The minimum Gasteiger partial charge on any atom is -0.494 e. The maximum absolute atomic E-state index is 12.8. The third kappa shape index (κ3) is 6.83. The van der Waals surface area contributed by atoms with Gasteiger partial charge >= 0.3 is 5.97 Å². The molecular formula is C34H34N4O5. The second kappa shape index (κ2) is 13.5. The molecule has 220 valence electrons. The smallest absolute Gasteiger partial charge is 0.338 e. The van der Waals surface area contributed by atoms with Gasteiger partial charge < -0.3 is 24.5 Å². The summed E-state index contributed by atoms with van der Waals surface area (Å²) in [4.78, 5) is 35.1. The first kappa shape index (κ1) is 29.7. The summed E-state index contributed by atoms with van der Waals surface area (Å²) >= 11 is 0. The number of likely N-dealkylation sites (tertiary alicyclic amines) is 1. The monoisotopic (exact) mass is 578 g/mol. The van der Waals surface area contributed by atoms with E-state index in [1.165, 1.54) is 7.11 Å². The van der Waals surface area contributed by atoms with Gasteiger partial charge in [0.25, 0.3) is 0 Å². The molecule has 2 heterocycles. The van der Waals surface area contributed by atoms with Crippen molar-refractivity contribution in [3.8, 4) is 11.9 Å². The number of aliphatic imine (C=N–C) groups is 1. The third-order valence-corrected chi connectivity index (χ3v) is 7.80. The molecule has 9 heteroatoms. The fourth-order valence-corrected chi connectivity index (χ4v) is 5.34. The first-order valence-corrected chi connectivity index (χ1v) is 14.3. The van der Waals surface area contributed by atoms with Crippen LogP contribution in [0.15, 0.2) is 71.7 Å². The van der Waals surface area contributed by atoms with E-state index in [4.69, 9.17) is 19.7 Å². The standard InChI is InChI=1S/C34H34N4O5/c1-22-18-28-29(19-27(22)34(41)42-2)37-33(40)31(28)32(25-6-4-3-5-7-25)36-26-10-8-24(9-11-26)30(39)21-43-17-16-38-14-12-23(20-35)13-15-38/h3-11,18-19,23,37,40H,12-17,21H2,1-2H3. The molecule has 0 radical (unpaired) electrons. The van der Waals surface area contributed by atoms with Gasteiger partial charge in [0.2, 0.25) is 0 Å². The van der Waals surface area contributed by atoms with Crippen molar-refractivity contribution in [2.75, 3.05) is 40.0 Å². The average molecular weight is 579 g/mol. The van der Waals surface area contributed by atoms with Gasteiger partial charge in [-0.25, -0.2) is 9.79 Å². The van der Waals surface area contributed by atoms with E-state index in [2.05, 4.69) is 16.0 Å². The van der Waals surface area contributed by atoms with Crippen LogP contribution in [0.3, 0.4) is 0 Å². The van der Waals surface area contributed by atoms with Crippen LogP contribution in [0.5, 0.6) is 5.88 Å². The topological polar surface area (TPSA) is 128 Å². The van der Waals surface area contributed by atoms with E-state index in [-0.39, 0.29) is 24.2 Å². The van der Waals surface area contributed by atoms with Gasteiger partial charge in [-0.1, -0.05) is 30.3 Å². The van der Waals surface area contributed by atoms with Crippen LogP contribution in [0.2, 0.25) is 0 Å². The van der Waals surface area contributed by atoms with E-state index in [1.54, 1.807) is 30.3 Å². The van der Waals surface area contributed by atoms with E-state index in [0.29, 0.717) is 51.2 Å². The maximum atomic E-state index is 12.8. The predicted molar refractivity (Wildman–Crippen MR) is 164 cm³/mol. The molecule has 1 aromatic heterocycles. The number of H-pyrrole nitrogens is 1. The lowest BCUT2D eigenvalue weighted by Crippen LogP contribution is -2.35. The Morgan fingerprint density at radius 2 is 1.79 bits per heavy atom. The third-order valence-electron chi connectivity index (χ3n) is 7.80. The number of Topliss-reactive ketones (excluding diaryl/α,β-unsaturated/α-hetero) is 1. The van der Waals surface area contributed by atoms with E-state index >= 15 is 0 Å². The molecule has 2 N–H and O–H groups in total. The highest BCUT2D eigenvalue weighted by molar-refractivity contribution is 6.22.